The second kappa shape index (κ2) is 8.45. The summed E-state index contributed by atoms with van der Waals surface area (Å²) in [4.78, 5) is 12.8. The van der Waals surface area contributed by atoms with Crippen LogP contribution in [0.1, 0.15) is 35.2 Å². The van der Waals surface area contributed by atoms with Crippen molar-refractivity contribution in [1.29, 1.82) is 0 Å². The Bertz CT molecular complexity index is 1200. The van der Waals surface area contributed by atoms with Gasteiger partial charge in [-0.1, -0.05) is 41.9 Å². The van der Waals surface area contributed by atoms with Crippen LogP contribution in [0.2, 0.25) is 5.02 Å². The van der Waals surface area contributed by atoms with E-state index in [1.807, 2.05) is 30.3 Å². The van der Waals surface area contributed by atoms with Gasteiger partial charge in [0.15, 0.2) is 15.6 Å². The number of carbonyl (C=O) groups excluding carboxylic acids is 1. The van der Waals surface area contributed by atoms with Crippen LogP contribution in [0.5, 0.6) is 0 Å². The zero-order valence-electron chi connectivity index (χ0n) is 16.9. The van der Waals surface area contributed by atoms with Crippen molar-refractivity contribution < 1.29 is 17.9 Å². The van der Waals surface area contributed by atoms with Crippen LogP contribution in [0.15, 0.2) is 65.8 Å². The summed E-state index contributed by atoms with van der Waals surface area (Å²) in [6.45, 7) is 0.457. The molecule has 0 unspecified atom stereocenters. The van der Waals surface area contributed by atoms with Crippen LogP contribution < -0.4 is 5.32 Å². The molecule has 3 aromatic rings. The first-order chi connectivity index (χ1) is 14.7. The van der Waals surface area contributed by atoms with Crippen LogP contribution in [0.25, 0.3) is 0 Å². The van der Waals surface area contributed by atoms with Crippen molar-refractivity contribution in [2.24, 2.45) is 0 Å². The molecule has 0 spiro atoms. The summed E-state index contributed by atoms with van der Waals surface area (Å²) in [5.74, 6) is -0.412. The largest absolute Gasteiger partial charge is 0.349 e. The Labute approximate surface area is 185 Å². The van der Waals surface area contributed by atoms with Gasteiger partial charge in [0.2, 0.25) is 0 Å². The van der Waals surface area contributed by atoms with E-state index in [0.29, 0.717) is 17.9 Å². The number of halogens is 1. The smallest absolute Gasteiger partial charge is 0.258 e. The zero-order chi connectivity index (χ0) is 22.1. The van der Waals surface area contributed by atoms with E-state index in [1.165, 1.54) is 24.4 Å². The van der Waals surface area contributed by atoms with Gasteiger partial charge in [-0.25, -0.2) is 13.1 Å². The molecular formula is C22H22ClN3O4S. The number of benzene rings is 2. The molecule has 9 heteroatoms. The van der Waals surface area contributed by atoms with Gasteiger partial charge < -0.3 is 10.1 Å². The number of hydrogen-bond acceptors (Lipinski definition) is 5. The topological polar surface area (TPSA) is 90.3 Å². The maximum Gasteiger partial charge on any atom is 0.258 e. The number of nitrogens with zero attached hydrogens (tertiary/aromatic N) is 2. The molecule has 162 valence electrons. The number of aromatic nitrogens is 2. The fourth-order valence-corrected chi connectivity index (χ4v) is 4.41. The molecule has 0 atom stereocenters. The van der Waals surface area contributed by atoms with Crippen molar-refractivity contribution in [3.8, 4) is 0 Å². The van der Waals surface area contributed by atoms with Crippen molar-refractivity contribution in [3.05, 3.63) is 77.1 Å². The summed E-state index contributed by atoms with van der Waals surface area (Å²) >= 11 is 6.01. The van der Waals surface area contributed by atoms with E-state index >= 15 is 0 Å². The van der Waals surface area contributed by atoms with E-state index in [2.05, 4.69) is 10.4 Å². The first kappa shape index (κ1) is 21.5. The summed E-state index contributed by atoms with van der Waals surface area (Å²) in [5.41, 5.74) is 1.15. The van der Waals surface area contributed by atoms with Crippen molar-refractivity contribution in [2.75, 3.05) is 11.6 Å². The molecule has 1 aliphatic rings. The first-order valence-electron chi connectivity index (χ1n) is 9.80. The molecule has 4 rings (SSSR count). The molecule has 0 aliphatic heterocycles. The van der Waals surface area contributed by atoms with E-state index in [1.54, 1.807) is 10.9 Å². The molecule has 0 saturated heterocycles. The third-order valence-electron chi connectivity index (χ3n) is 5.30. The summed E-state index contributed by atoms with van der Waals surface area (Å²) in [6, 6.07) is 14.1. The maximum absolute atomic E-state index is 12.7. The lowest BCUT2D eigenvalue weighted by Crippen LogP contribution is -2.43. The maximum atomic E-state index is 12.7. The van der Waals surface area contributed by atoms with E-state index in [-0.39, 0.29) is 9.92 Å². The highest BCUT2D eigenvalue weighted by Gasteiger charge is 2.41. The second-order valence-corrected chi connectivity index (χ2v) is 10.1. The van der Waals surface area contributed by atoms with Crippen molar-refractivity contribution in [3.63, 3.8) is 0 Å². The lowest BCUT2D eigenvalue weighted by atomic mass is 9.88. The van der Waals surface area contributed by atoms with Gasteiger partial charge in [0.25, 0.3) is 5.91 Å². The molecule has 1 amide bonds. The Morgan fingerprint density at radius 3 is 2.61 bits per heavy atom. The molecule has 2 aromatic carbocycles. The monoisotopic (exact) mass is 459 g/mol. The lowest BCUT2D eigenvalue weighted by Gasteiger charge is -2.41. The highest BCUT2D eigenvalue weighted by Crippen LogP contribution is 2.40. The second-order valence-electron chi connectivity index (χ2n) is 7.65. The molecule has 1 heterocycles. The highest BCUT2D eigenvalue weighted by atomic mass is 35.5. The number of ether oxygens (including phenoxy) is 1. The molecule has 1 saturated carbocycles. The van der Waals surface area contributed by atoms with E-state index in [4.69, 9.17) is 16.3 Å². The van der Waals surface area contributed by atoms with Gasteiger partial charge >= 0.3 is 0 Å². The lowest BCUT2D eigenvalue weighted by molar-refractivity contribution is -0.177. The third kappa shape index (κ3) is 4.81. The number of anilines is 1. The number of nitrogens with one attached hydrogen (secondary N) is 1. The first-order valence-corrected chi connectivity index (χ1v) is 12.1. The van der Waals surface area contributed by atoms with Gasteiger partial charge in [-0.05, 0) is 43.0 Å². The highest BCUT2D eigenvalue weighted by molar-refractivity contribution is 7.90. The van der Waals surface area contributed by atoms with Crippen molar-refractivity contribution in [1.82, 2.24) is 9.78 Å². The molecule has 0 radical (unpaired) electrons. The number of rotatable bonds is 7. The average Bonchev–Trinajstić information content (AvgIpc) is 3.17. The van der Waals surface area contributed by atoms with Gasteiger partial charge in [0, 0.05) is 23.2 Å². The molecule has 1 aromatic heterocycles. The van der Waals surface area contributed by atoms with Gasteiger partial charge in [-0.2, -0.15) is 5.10 Å². The Morgan fingerprint density at radius 2 is 1.97 bits per heavy atom. The van der Waals surface area contributed by atoms with Gasteiger partial charge in [0.1, 0.15) is 0 Å². The minimum atomic E-state index is -3.46. The number of hydrogen-bond donors (Lipinski definition) is 1. The molecule has 7 nitrogen and oxygen atoms in total. The van der Waals surface area contributed by atoms with Crippen LogP contribution in [-0.4, -0.2) is 30.4 Å². The van der Waals surface area contributed by atoms with Crippen LogP contribution in [0.4, 0.5) is 5.69 Å². The van der Waals surface area contributed by atoms with E-state index < -0.39 is 21.5 Å². The predicted octanol–water partition coefficient (Wildman–Crippen LogP) is 4.25. The number of amides is 1. The molecule has 1 fully saturated rings. The fourth-order valence-electron chi connectivity index (χ4n) is 3.43. The quantitative estimate of drug-likeness (QED) is 0.570. The standard InChI is InChI=1S/C22H22ClN3O4S/c1-31(28,29)20-11-18(23)10-19(12-20)25-21(27)17-13-24-26(14-17)22(8-5-9-22)30-15-16-6-3-2-4-7-16/h2-4,6-7,10-14H,5,8-9,15H2,1H3,(H,25,27). The van der Waals surface area contributed by atoms with E-state index in [9.17, 15) is 13.2 Å². The van der Waals surface area contributed by atoms with Gasteiger partial charge in [-0.3, -0.25) is 4.79 Å². The summed E-state index contributed by atoms with van der Waals surface area (Å²) in [5, 5.41) is 7.28. The minimum Gasteiger partial charge on any atom is -0.349 e. The third-order valence-corrected chi connectivity index (χ3v) is 6.62. The number of sulfone groups is 1. The SMILES string of the molecule is CS(=O)(=O)c1cc(Cl)cc(NC(=O)c2cnn(C3(OCc4ccccc4)CCC3)c2)c1. The predicted molar refractivity (Wildman–Crippen MR) is 118 cm³/mol. The van der Waals surface area contributed by atoms with E-state index in [0.717, 1.165) is 31.1 Å². The minimum absolute atomic E-state index is 0.0359. The van der Waals surface area contributed by atoms with Crippen molar-refractivity contribution in [2.45, 2.75) is 36.5 Å². The zero-order valence-corrected chi connectivity index (χ0v) is 18.5. The fraction of sp³-hybridized carbons (Fsp3) is 0.273. The molecule has 31 heavy (non-hydrogen) atoms. The average molecular weight is 460 g/mol. The Morgan fingerprint density at radius 1 is 1.23 bits per heavy atom. The summed E-state index contributed by atoms with van der Waals surface area (Å²) in [6.07, 6.45) is 6.86. The van der Waals surface area contributed by atoms with Crippen LogP contribution in [0.3, 0.4) is 0 Å². The van der Waals surface area contributed by atoms with Gasteiger partial charge in [0.05, 0.1) is 23.3 Å². The van der Waals surface area contributed by atoms with Crippen LogP contribution in [-0.2, 0) is 26.9 Å². The molecule has 1 N–H and O–H groups in total. The molecule has 1 aliphatic carbocycles. The van der Waals surface area contributed by atoms with Crippen molar-refractivity contribution >= 4 is 33.0 Å². The normalized spacial score (nSPS) is 15.3. The molecule has 0 bridgehead atoms. The Balaban J connectivity index is 1.49. The summed E-state index contributed by atoms with van der Waals surface area (Å²) < 4.78 is 31.5. The Hall–Kier alpha value is -2.68. The summed E-state index contributed by atoms with van der Waals surface area (Å²) in [7, 11) is -3.46. The number of carbonyl (C=O) groups is 1. The Kier molecular flexibility index (Phi) is 5.88. The van der Waals surface area contributed by atoms with Crippen LogP contribution in [0, 0.1) is 0 Å². The molecular weight excluding hydrogens is 438 g/mol. The van der Waals surface area contributed by atoms with Gasteiger partial charge in [-0.15, -0.1) is 0 Å². The van der Waals surface area contributed by atoms with Crippen LogP contribution >= 0.6 is 11.6 Å².